The third-order valence-electron chi connectivity index (χ3n) is 3.27. The smallest absolute Gasteiger partial charge is 0.240 e. The van der Waals surface area contributed by atoms with Gasteiger partial charge >= 0.3 is 0 Å². The van der Waals surface area contributed by atoms with Gasteiger partial charge < -0.3 is 4.90 Å². The molecule has 0 aromatic carbocycles. The van der Waals surface area contributed by atoms with Gasteiger partial charge in [0.15, 0.2) is 0 Å². The lowest BCUT2D eigenvalue weighted by molar-refractivity contribution is -0.136. The van der Waals surface area contributed by atoms with Gasteiger partial charge in [-0.25, -0.2) is 0 Å². The van der Waals surface area contributed by atoms with Crippen molar-refractivity contribution in [2.75, 3.05) is 46.8 Å². The van der Waals surface area contributed by atoms with Crippen LogP contribution in [0.3, 0.4) is 0 Å². The van der Waals surface area contributed by atoms with E-state index < -0.39 is 0 Å². The Morgan fingerprint density at radius 1 is 1.16 bits per heavy atom. The molecular weight excluding hydrogens is 238 g/mol. The molecule has 0 bridgehead atoms. The van der Waals surface area contributed by atoms with Crippen LogP contribution in [0.15, 0.2) is 24.3 Å². The summed E-state index contributed by atoms with van der Waals surface area (Å²) in [6, 6.07) is -0.0696. The maximum Gasteiger partial charge on any atom is 0.240 e. The first-order valence-corrected chi connectivity index (χ1v) is 6.77. The Bertz CT molecular complexity index is 362. The largest absolute Gasteiger partial charge is 0.347 e. The molecule has 0 unspecified atom stereocenters. The van der Waals surface area contributed by atoms with Crippen LogP contribution in [-0.4, -0.2) is 73.5 Å². The molecule has 0 aromatic heterocycles. The van der Waals surface area contributed by atoms with Crippen molar-refractivity contribution in [3.8, 4) is 0 Å². The number of hydrogen-bond acceptors (Lipinski definition) is 3. The van der Waals surface area contributed by atoms with E-state index in [-0.39, 0.29) is 11.9 Å². The van der Waals surface area contributed by atoms with Crippen molar-refractivity contribution in [2.24, 2.45) is 0 Å². The molecule has 4 heteroatoms. The quantitative estimate of drug-likeness (QED) is 0.699. The van der Waals surface area contributed by atoms with Gasteiger partial charge in [-0.3, -0.25) is 14.6 Å². The molecule has 0 N–H and O–H groups in total. The van der Waals surface area contributed by atoms with Crippen LogP contribution in [0.1, 0.15) is 13.8 Å². The summed E-state index contributed by atoms with van der Waals surface area (Å²) in [5.41, 5.74) is 2.24. The summed E-state index contributed by atoms with van der Waals surface area (Å²) in [6.07, 6.45) is 0. The number of nitrogens with zero attached hydrogens (tertiary/aromatic N) is 3. The summed E-state index contributed by atoms with van der Waals surface area (Å²) in [4.78, 5) is 18.6. The van der Waals surface area contributed by atoms with Crippen LogP contribution >= 0.6 is 0 Å². The molecule has 0 radical (unpaired) electrons. The monoisotopic (exact) mass is 265 g/mol. The summed E-state index contributed by atoms with van der Waals surface area (Å²) >= 11 is 0. The third-order valence-corrected chi connectivity index (χ3v) is 3.27. The van der Waals surface area contributed by atoms with E-state index in [1.54, 1.807) is 4.90 Å². The second-order valence-corrected chi connectivity index (χ2v) is 5.87. The Kier molecular flexibility index (Phi) is 5.76. The third kappa shape index (κ3) is 4.80. The predicted molar refractivity (Wildman–Crippen MR) is 80.1 cm³/mol. The van der Waals surface area contributed by atoms with Crippen LogP contribution in [0.5, 0.6) is 0 Å². The molecule has 0 saturated carbocycles. The van der Waals surface area contributed by atoms with Gasteiger partial charge in [0, 0.05) is 46.8 Å². The van der Waals surface area contributed by atoms with Crippen LogP contribution < -0.4 is 0 Å². The maximum atomic E-state index is 12.3. The highest BCUT2D eigenvalue weighted by Crippen LogP contribution is 2.14. The van der Waals surface area contributed by atoms with E-state index in [4.69, 9.17) is 0 Å². The average molecular weight is 265 g/mol. The normalized spacial score (nSPS) is 21.2. The number of amides is 1. The van der Waals surface area contributed by atoms with Crippen molar-refractivity contribution in [2.45, 2.75) is 19.9 Å². The minimum Gasteiger partial charge on any atom is -0.347 e. The summed E-state index contributed by atoms with van der Waals surface area (Å²) in [5.74, 6) is 0.174. The number of likely N-dealkylation sites (N-methyl/N-ethyl adjacent to an activating group) is 1. The van der Waals surface area contributed by atoms with E-state index in [1.165, 1.54) is 0 Å². The molecule has 1 atom stereocenters. The first kappa shape index (κ1) is 15.9. The Morgan fingerprint density at radius 3 is 2.21 bits per heavy atom. The summed E-state index contributed by atoms with van der Waals surface area (Å²) in [7, 11) is 3.64. The Morgan fingerprint density at radius 2 is 1.74 bits per heavy atom. The fraction of sp³-hybridized carbons (Fsp3) is 0.667. The zero-order valence-corrected chi connectivity index (χ0v) is 12.8. The van der Waals surface area contributed by atoms with Gasteiger partial charge in [0.2, 0.25) is 5.91 Å². The highest BCUT2D eigenvalue weighted by molar-refractivity contribution is 5.81. The molecule has 1 aliphatic rings. The molecule has 0 aliphatic carbocycles. The number of carbonyl (C=O) groups excluding carboxylic acids is 1. The van der Waals surface area contributed by atoms with E-state index in [2.05, 4.69) is 23.0 Å². The van der Waals surface area contributed by atoms with Crippen LogP contribution in [-0.2, 0) is 4.79 Å². The van der Waals surface area contributed by atoms with Gasteiger partial charge in [0.1, 0.15) is 6.04 Å². The fourth-order valence-corrected chi connectivity index (χ4v) is 2.47. The Labute approximate surface area is 117 Å². The first-order chi connectivity index (χ1) is 8.81. The average Bonchev–Trinajstić information content (AvgIpc) is 2.28. The standard InChI is InChI=1S/C15H27N3O/c1-12(2)9-17-7-8-18(10-13(3)4)14(11-17)15(19)16(5)6/h14H,1,3,7-11H2,2,4-6H3/t14-/m0/s1. The summed E-state index contributed by atoms with van der Waals surface area (Å²) < 4.78 is 0. The molecule has 0 spiro atoms. The van der Waals surface area contributed by atoms with Crippen LogP contribution in [0.25, 0.3) is 0 Å². The minimum atomic E-state index is -0.0696. The number of piperazine rings is 1. The van der Waals surface area contributed by atoms with Crippen LogP contribution in [0, 0.1) is 0 Å². The molecule has 1 rings (SSSR count). The topological polar surface area (TPSA) is 26.8 Å². The zero-order valence-electron chi connectivity index (χ0n) is 12.8. The van der Waals surface area contributed by atoms with Gasteiger partial charge in [-0.1, -0.05) is 24.3 Å². The number of rotatable bonds is 5. The van der Waals surface area contributed by atoms with E-state index in [9.17, 15) is 4.79 Å². The van der Waals surface area contributed by atoms with Crippen LogP contribution in [0.2, 0.25) is 0 Å². The van der Waals surface area contributed by atoms with E-state index in [1.807, 2.05) is 27.9 Å². The van der Waals surface area contributed by atoms with Crippen molar-refractivity contribution < 1.29 is 4.79 Å². The second-order valence-electron chi connectivity index (χ2n) is 5.87. The highest BCUT2D eigenvalue weighted by atomic mass is 16.2. The van der Waals surface area contributed by atoms with Crippen molar-refractivity contribution in [3.05, 3.63) is 24.3 Å². The molecule has 0 aromatic rings. The van der Waals surface area contributed by atoms with E-state index in [0.29, 0.717) is 0 Å². The minimum absolute atomic E-state index is 0.0696. The molecule has 108 valence electrons. The number of hydrogen-bond donors (Lipinski definition) is 0. The predicted octanol–water partition coefficient (Wildman–Crippen LogP) is 1.21. The van der Waals surface area contributed by atoms with Gasteiger partial charge in [-0.15, -0.1) is 0 Å². The molecule has 1 amide bonds. The molecule has 1 heterocycles. The Balaban J connectivity index is 2.76. The number of carbonyl (C=O) groups is 1. The molecule has 1 aliphatic heterocycles. The molecule has 1 saturated heterocycles. The van der Waals surface area contributed by atoms with Crippen molar-refractivity contribution in [1.29, 1.82) is 0 Å². The van der Waals surface area contributed by atoms with Crippen LogP contribution in [0.4, 0.5) is 0 Å². The fourth-order valence-electron chi connectivity index (χ4n) is 2.47. The zero-order chi connectivity index (χ0) is 14.6. The molecule has 4 nitrogen and oxygen atoms in total. The summed E-state index contributed by atoms with van der Waals surface area (Å²) in [5, 5.41) is 0. The second kappa shape index (κ2) is 6.87. The highest BCUT2D eigenvalue weighted by Gasteiger charge is 2.32. The van der Waals surface area contributed by atoms with Gasteiger partial charge in [-0.2, -0.15) is 0 Å². The van der Waals surface area contributed by atoms with E-state index >= 15 is 0 Å². The molecule has 19 heavy (non-hydrogen) atoms. The van der Waals surface area contributed by atoms with Gasteiger partial charge in [0.05, 0.1) is 0 Å². The van der Waals surface area contributed by atoms with Crippen molar-refractivity contribution in [3.63, 3.8) is 0 Å². The van der Waals surface area contributed by atoms with Gasteiger partial charge in [0.25, 0.3) is 0 Å². The lowest BCUT2D eigenvalue weighted by Gasteiger charge is -2.41. The maximum absolute atomic E-state index is 12.3. The first-order valence-electron chi connectivity index (χ1n) is 6.77. The van der Waals surface area contributed by atoms with Crippen molar-refractivity contribution >= 4 is 5.91 Å². The molecule has 1 fully saturated rings. The molecular formula is C15H27N3O. The van der Waals surface area contributed by atoms with Gasteiger partial charge in [-0.05, 0) is 13.8 Å². The summed E-state index contributed by atoms with van der Waals surface area (Å²) in [6.45, 7) is 16.3. The van der Waals surface area contributed by atoms with Crippen molar-refractivity contribution in [1.82, 2.24) is 14.7 Å². The SMILES string of the molecule is C=C(C)CN1CCN(CC(=C)C)[C@H](C(=O)N(C)C)C1. The lowest BCUT2D eigenvalue weighted by Crippen LogP contribution is -2.59. The lowest BCUT2D eigenvalue weighted by atomic mass is 10.1. The van der Waals surface area contributed by atoms with E-state index in [0.717, 1.165) is 43.9 Å². The Hall–Kier alpha value is -1.13.